The van der Waals surface area contributed by atoms with E-state index in [0.717, 1.165) is 45.2 Å². The van der Waals surface area contributed by atoms with E-state index in [9.17, 15) is 0 Å². The molecule has 0 fully saturated rings. The van der Waals surface area contributed by atoms with E-state index in [-0.39, 0.29) is 6.79 Å². The molecule has 0 amide bonds. The number of ether oxygens (including phenoxy) is 3. The number of hydrogen-bond donors (Lipinski definition) is 1. The largest absolute Gasteiger partial charge is 0.497 e. The SMILES string of the molecule is COc1ccc2nc(C)cc(Nc3ccc4c(c3)OCO4)c2c1. The second-order valence-corrected chi connectivity index (χ2v) is 5.39. The van der Waals surface area contributed by atoms with Crippen molar-refractivity contribution in [3.8, 4) is 17.2 Å². The molecule has 5 heteroatoms. The molecule has 4 rings (SSSR count). The molecule has 0 spiro atoms. The molecule has 0 aliphatic carbocycles. The Morgan fingerprint density at radius 2 is 1.91 bits per heavy atom. The van der Waals surface area contributed by atoms with Gasteiger partial charge in [-0.1, -0.05) is 0 Å². The van der Waals surface area contributed by atoms with Crippen LogP contribution in [0.25, 0.3) is 10.9 Å². The predicted molar refractivity (Wildman–Crippen MR) is 88.9 cm³/mol. The smallest absolute Gasteiger partial charge is 0.231 e. The van der Waals surface area contributed by atoms with Gasteiger partial charge < -0.3 is 19.5 Å². The van der Waals surface area contributed by atoms with E-state index in [0.29, 0.717) is 0 Å². The van der Waals surface area contributed by atoms with Gasteiger partial charge in [0, 0.05) is 28.5 Å². The van der Waals surface area contributed by atoms with E-state index in [2.05, 4.69) is 10.3 Å². The topological polar surface area (TPSA) is 52.6 Å². The lowest BCUT2D eigenvalue weighted by molar-refractivity contribution is 0.174. The van der Waals surface area contributed by atoms with Gasteiger partial charge in [0.2, 0.25) is 6.79 Å². The van der Waals surface area contributed by atoms with Gasteiger partial charge >= 0.3 is 0 Å². The van der Waals surface area contributed by atoms with Crippen LogP contribution in [0.1, 0.15) is 5.69 Å². The fourth-order valence-electron chi connectivity index (χ4n) is 2.70. The summed E-state index contributed by atoms with van der Waals surface area (Å²) in [6.07, 6.45) is 0. The Labute approximate surface area is 133 Å². The van der Waals surface area contributed by atoms with Gasteiger partial charge in [-0.3, -0.25) is 4.98 Å². The van der Waals surface area contributed by atoms with E-state index >= 15 is 0 Å². The third-order valence-electron chi connectivity index (χ3n) is 3.80. The van der Waals surface area contributed by atoms with Crippen molar-refractivity contribution in [1.82, 2.24) is 4.98 Å². The van der Waals surface area contributed by atoms with Crippen molar-refractivity contribution in [3.05, 3.63) is 48.2 Å². The monoisotopic (exact) mass is 308 g/mol. The lowest BCUT2D eigenvalue weighted by atomic mass is 10.1. The average Bonchev–Trinajstić information content (AvgIpc) is 3.02. The standard InChI is InChI=1S/C18H16N2O3/c1-11-7-16(14-9-13(21-2)4-5-15(14)19-11)20-12-3-6-17-18(8-12)23-10-22-17/h3-9H,10H2,1-2H3,(H,19,20). The van der Waals surface area contributed by atoms with Crippen molar-refractivity contribution in [1.29, 1.82) is 0 Å². The third-order valence-corrected chi connectivity index (χ3v) is 3.80. The van der Waals surface area contributed by atoms with Crippen LogP contribution in [-0.2, 0) is 0 Å². The molecule has 5 nitrogen and oxygen atoms in total. The minimum atomic E-state index is 0.271. The number of aromatic nitrogens is 1. The van der Waals surface area contributed by atoms with Crippen LogP contribution in [0.2, 0.25) is 0 Å². The summed E-state index contributed by atoms with van der Waals surface area (Å²) in [5.74, 6) is 2.33. The van der Waals surface area contributed by atoms with Gasteiger partial charge in [0.05, 0.1) is 12.6 Å². The maximum atomic E-state index is 5.43. The van der Waals surface area contributed by atoms with Crippen LogP contribution < -0.4 is 19.5 Å². The van der Waals surface area contributed by atoms with Gasteiger partial charge in [0.1, 0.15) is 5.75 Å². The molecule has 1 aliphatic rings. The molecule has 3 aromatic rings. The average molecular weight is 308 g/mol. The fourth-order valence-corrected chi connectivity index (χ4v) is 2.70. The van der Waals surface area contributed by atoms with Crippen LogP contribution in [0.4, 0.5) is 11.4 Å². The highest BCUT2D eigenvalue weighted by Crippen LogP contribution is 2.36. The normalized spacial score (nSPS) is 12.4. The van der Waals surface area contributed by atoms with Gasteiger partial charge in [-0.2, -0.15) is 0 Å². The van der Waals surface area contributed by atoms with Crippen molar-refractivity contribution < 1.29 is 14.2 Å². The summed E-state index contributed by atoms with van der Waals surface area (Å²) >= 11 is 0. The Bertz CT molecular complexity index is 893. The molecule has 1 N–H and O–H groups in total. The van der Waals surface area contributed by atoms with Gasteiger partial charge in [0.25, 0.3) is 0 Å². The first-order chi connectivity index (χ1) is 11.2. The zero-order valence-electron chi connectivity index (χ0n) is 12.9. The van der Waals surface area contributed by atoms with Gasteiger partial charge in [0.15, 0.2) is 11.5 Å². The van der Waals surface area contributed by atoms with E-state index in [1.807, 2.05) is 49.4 Å². The Morgan fingerprint density at radius 1 is 1.04 bits per heavy atom. The maximum Gasteiger partial charge on any atom is 0.231 e. The summed E-state index contributed by atoms with van der Waals surface area (Å²) in [5, 5.41) is 4.44. The summed E-state index contributed by atoms with van der Waals surface area (Å²) in [5.41, 5.74) is 3.79. The number of methoxy groups -OCH3 is 1. The zero-order valence-corrected chi connectivity index (χ0v) is 12.9. The van der Waals surface area contributed by atoms with E-state index in [1.54, 1.807) is 7.11 Å². The number of nitrogens with zero attached hydrogens (tertiary/aromatic N) is 1. The summed E-state index contributed by atoms with van der Waals surface area (Å²) in [6.45, 7) is 2.25. The van der Waals surface area contributed by atoms with Crippen molar-refractivity contribution in [2.45, 2.75) is 6.92 Å². The van der Waals surface area contributed by atoms with Crippen molar-refractivity contribution in [3.63, 3.8) is 0 Å². The van der Waals surface area contributed by atoms with Crippen LogP contribution in [0.5, 0.6) is 17.2 Å². The summed E-state index contributed by atoms with van der Waals surface area (Å²) in [4.78, 5) is 4.57. The number of rotatable bonds is 3. The third kappa shape index (κ3) is 2.50. The van der Waals surface area contributed by atoms with Gasteiger partial charge in [-0.15, -0.1) is 0 Å². The molecule has 23 heavy (non-hydrogen) atoms. The fraction of sp³-hybridized carbons (Fsp3) is 0.167. The first kappa shape index (κ1) is 13.7. The molecular weight excluding hydrogens is 292 g/mol. The highest BCUT2D eigenvalue weighted by atomic mass is 16.7. The number of fused-ring (bicyclic) bond motifs is 2. The predicted octanol–water partition coefficient (Wildman–Crippen LogP) is 4.02. The number of aryl methyl sites for hydroxylation is 1. The molecule has 0 atom stereocenters. The second kappa shape index (κ2) is 5.35. The molecule has 1 aliphatic heterocycles. The van der Waals surface area contributed by atoms with E-state index in [1.165, 1.54) is 0 Å². The molecule has 0 radical (unpaired) electrons. The number of nitrogens with one attached hydrogen (secondary N) is 1. The molecular formula is C18H16N2O3. The Kier molecular flexibility index (Phi) is 3.19. The number of hydrogen-bond acceptors (Lipinski definition) is 5. The molecule has 2 aromatic carbocycles. The highest BCUT2D eigenvalue weighted by molar-refractivity contribution is 5.94. The zero-order chi connectivity index (χ0) is 15.8. The van der Waals surface area contributed by atoms with E-state index in [4.69, 9.17) is 14.2 Å². The van der Waals surface area contributed by atoms with Crippen molar-refractivity contribution in [2.75, 3.05) is 19.2 Å². The minimum absolute atomic E-state index is 0.271. The second-order valence-electron chi connectivity index (χ2n) is 5.39. The van der Waals surface area contributed by atoms with Crippen LogP contribution >= 0.6 is 0 Å². The van der Waals surface area contributed by atoms with Crippen molar-refractivity contribution >= 4 is 22.3 Å². The number of benzene rings is 2. The molecule has 0 bridgehead atoms. The van der Waals surface area contributed by atoms with Crippen LogP contribution in [0.15, 0.2) is 42.5 Å². The summed E-state index contributed by atoms with van der Waals surface area (Å²) in [7, 11) is 1.66. The number of pyridine rings is 1. The summed E-state index contributed by atoms with van der Waals surface area (Å²) in [6, 6.07) is 13.7. The lowest BCUT2D eigenvalue weighted by Gasteiger charge is -2.12. The number of anilines is 2. The molecule has 0 saturated carbocycles. The minimum Gasteiger partial charge on any atom is -0.497 e. The first-order valence-corrected chi connectivity index (χ1v) is 7.35. The maximum absolute atomic E-state index is 5.43. The molecule has 1 aromatic heterocycles. The van der Waals surface area contributed by atoms with Crippen LogP contribution in [0.3, 0.4) is 0 Å². The Hall–Kier alpha value is -2.95. The highest BCUT2D eigenvalue weighted by Gasteiger charge is 2.14. The summed E-state index contributed by atoms with van der Waals surface area (Å²) < 4.78 is 16.1. The van der Waals surface area contributed by atoms with E-state index < -0.39 is 0 Å². The Balaban J connectivity index is 1.78. The molecule has 116 valence electrons. The van der Waals surface area contributed by atoms with Crippen LogP contribution in [-0.4, -0.2) is 18.9 Å². The van der Waals surface area contributed by atoms with Crippen LogP contribution in [0, 0.1) is 6.92 Å². The molecule has 2 heterocycles. The Morgan fingerprint density at radius 3 is 2.78 bits per heavy atom. The van der Waals surface area contributed by atoms with Gasteiger partial charge in [-0.05, 0) is 43.3 Å². The molecule has 0 saturated heterocycles. The molecule has 0 unspecified atom stereocenters. The quantitative estimate of drug-likeness (QED) is 0.792. The first-order valence-electron chi connectivity index (χ1n) is 7.35. The van der Waals surface area contributed by atoms with Gasteiger partial charge in [-0.25, -0.2) is 0 Å². The van der Waals surface area contributed by atoms with Crippen molar-refractivity contribution in [2.24, 2.45) is 0 Å². The lowest BCUT2D eigenvalue weighted by Crippen LogP contribution is -1.95.